The van der Waals surface area contributed by atoms with Crippen LogP contribution in [0.5, 0.6) is 0 Å². The number of halogens is 1. The number of nitrogens with zero attached hydrogens (tertiary/aromatic N) is 2. The molecule has 0 saturated heterocycles. The summed E-state index contributed by atoms with van der Waals surface area (Å²) in [6.45, 7) is 0.888. The zero-order chi connectivity index (χ0) is 13.1. The zero-order valence-corrected chi connectivity index (χ0v) is 12.7. The maximum absolute atomic E-state index is 8.67. The Bertz CT molecular complexity index is 775. The van der Waals surface area contributed by atoms with E-state index in [1.807, 2.05) is 0 Å². The lowest BCUT2D eigenvalue weighted by Gasteiger charge is -2.04. The van der Waals surface area contributed by atoms with E-state index in [1.54, 1.807) is 0 Å². The maximum atomic E-state index is 8.67. The summed E-state index contributed by atoms with van der Waals surface area (Å²) in [6, 6.07) is 19.1. The molecule has 2 aromatic carbocycles. The van der Waals surface area contributed by atoms with Crippen LogP contribution in [0, 0.1) is 11.3 Å². The van der Waals surface area contributed by atoms with Crippen LogP contribution in [0.15, 0.2) is 54.7 Å². The first kappa shape index (κ1) is 14.5. The van der Waals surface area contributed by atoms with Gasteiger partial charge in [0.25, 0.3) is 0 Å². The Hall–Kier alpha value is -1.92. The molecule has 0 N–H and O–H groups in total. The Kier molecular flexibility index (Phi) is 4.70. The number of aryl methyl sites for hydroxylation is 1. The fraction of sp³-hybridized carbons (Fsp3) is 0.176. The summed E-state index contributed by atoms with van der Waals surface area (Å²) in [7, 11) is 0. The van der Waals surface area contributed by atoms with Crippen molar-refractivity contribution in [2.45, 2.75) is 19.4 Å². The van der Waals surface area contributed by atoms with E-state index in [2.05, 4.69) is 65.4 Å². The van der Waals surface area contributed by atoms with Gasteiger partial charge in [-0.05, 0) is 12.1 Å². The minimum Gasteiger partial charge on any atom is -1.00 e. The van der Waals surface area contributed by atoms with Crippen LogP contribution >= 0.6 is 0 Å². The quantitative estimate of drug-likeness (QED) is 0.393. The van der Waals surface area contributed by atoms with Gasteiger partial charge < -0.3 is 17.0 Å². The van der Waals surface area contributed by atoms with Gasteiger partial charge in [-0.2, -0.15) is 9.83 Å². The Balaban J connectivity index is 0.00000147. The van der Waals surface area contributed by atoms with E-state index in [-0.39, 0.29) is 17.0 Å². The van der Waals surface area contributed by atoms with Gasteiger partial charge in [0.05, 0.1) is 11.5 Å². The molecule has 0 aliphatic heterocycles. The summed E-state index contributed by atoms with van der Waals surface area (Å²) in [5, 5.41) is 12.5. The SMILES string of the molecule is N#CCCC[n+]1cc2ccccc2c2ccccc21.[Br-]. The molecule has 0 aliphatic carbocycles. The van der Waals surface area contributed by atoms with Crippen molar-refractivity contribution in [3.05, 3.63) is 54.7 Å². The van der Waals surface area contributed by atoms with Gasteiger partial charge in [-0.25, -0.2) is 0 Å². The van der Waals surface area contributed by atoms with Crippen LogP contribution in [0.25, 0.3) is 21.7 Å². The van der Waals surface area contributed by atoms with Crippen LogP contribution in [0.1, 0.15) is 12.8 Å². The van der Waals surface area contributed by atoms with Crippen molar-refractivity contribution in [3.8, 4) is 6.07 Å². The maximum Gasteiger partial charge on any atom is 0.213 e. The molecule has 1 aromatic heterocycles. The van der Waals surface area contributed by atoms with Crippen molar-refractivity contribution in [2.75, 3.05) is 0 Å². The summed E-state index contributed by atoms with van der Waals surface area (Å²) in [6.07, 6.45) is 3.69. The van der Waals surface area contributed by atoms with Gasteiger partial charge in [-0.1, -0.05) is 30.3 Å². The number of nitriles is 1. The second-order valence-corrected chi connectivity index (χ2v) is 4.69. The molecule has 0 fully saturated rings. The molecule has 0 bridgehead atoms. The van der Waals surface area contributed by atoms with Crippen LogP contribution in [0.4, 0.5) is 0 Å². The number of rotatable bonds is 3. The molecule has 3 aromatic rings. The van der Waals surface area contributed by atoms with Gasteiger partial charge in [0, 0.05) is 29.7 Å². The Morgan fingerprint density at radius 3 is 2.45 bits per heavy atom. The van der Waals surface area contributed by atoms with E-state index < -0.39 is 0 Å². The van der Waals surface area contributed by atoms with Gasteiger partial charge in [0.2, 0.25) is 5.52 Å². The van der Waals surface area contributed by atoms with Crippen LogP contribution in [-0.2, 0) is 6.54 Å². The second-order valence-electron chi connectivity index (χ2n) is 4.69. The van der Waals surface area contributed by atoms with Gasteiger partial charge in [0.15, 0.2) is 6.20 Å². The van der Waals surface area contributed by atoms with Crippen molar-refractivity contribution < 1.29 is 21.5 Å². The molecule has 3 rings (SSSR count). The molecule has 20 heavy (non-hydrogen) atoms. The third-order valence-corrected chi connectivity index (χ3v) is 3.45. The summed E-state index contributed by atoms with van der Waals surface area (Å²) in [4.78, 5) is 0. The molecule has 0 aliphatic rings. The number of unbranched alkanes of at least 4 members (excludes halogenated alkanes) is 1. The average molecular weight is 327 g/mol. The third-order valence-electron chi connectivity index (χ3n) is 3.45. The van der Waals surface area contributed by atoms with E-state index in [9.17, 15) is 0 Å². The molecule has 0 spiro atoms. The second kappa shape index (κ2) is 6.49. The fourth-order valence-electron chi connectivity index (χ4n) is 2.56. The first-order valence-corrected chi connectivity index (χ1v) is 6.57. The molecule has 1 heterocycles. The number of pyridine rings is 1. The van der Waals surface area contributed by atoms with Crippen molar-refractivity contribution in [1.82, 2.24) is 0 Å². The van der Waals surface area contributed by atoms with Gasteiger partial charge in [-0.3, -0.25) is 0 Å². The number of aromatic nitrogens is 1. The highest BCUT2D eigenvalue weighted by molar-refractivity contribution is 6.03. The van der Waals surface area contributed by atoms with Crippen molar-refractivity contribution in [2.24, 2.45) is 0 Å². The van der Waals surface area contributed by atoms with Crippen LogP contribution in [0.3, 0.4) is 0 Å². The number of benzene rings is 2. The minimum atomic E-state index is 0. The zero-order valence-electron chi connectivity index (χ0n) is 11.1. The highest BCUT2D eigenvalue weighted by Gasteiger charge is 2.11. The smallest absolute Gasteiger partial charge is 0.213 e. The molecule has 0 radical (unpaired) electrons. The molecule has 0 saturated carbocycles. The van der Waals surface area contributed by atoms with Gasteiger partial charge in [0.1, 0.15) is 6.54 Å². The molecule has 0 atom stereocenters. The van der Waals surface area contributed by atoms with Crippen LogP contribution in [-0.4, -0.2) is 0 Å². The number of hydrogen-bond donors (Lipinski definition) is 0. The minimum absolute atomic E-state index is 0. The highest BCUT2D eigenvalue weighted by atomic mass is 79.9. The van der Waals surface area contributed by atoms with Gasteiger partial charge >= 0.3 is 0 Å². The molecule has 3 heteroatoms. The Morgan fingerprint density at radius 1 is 0.950 bits per heavy atom. The van der Waals surface area contributed by atoms with Crippen LogP contribution in [0.2, 0.25) is 0 Å². The first-order chi connectivity index (χ1) is 9.40. The fourth-order valence-corrected chi connectivity index (χ4v) is 2.56. The molecule has 100 valence electrons. The lowest BCUT2D eigenvalue weighted by molar-refractivity contribution is -0.670. The topological polar surface area (TPSA) is 27.7 Å². The first-order valence-electron chi connectivity index (χ1n) is 6.57. The monoisotopic (exact) mass is 326 g/mol. The normalized spacial score (nSPS) is 10.2. The standard InChI is InChI=1S/C17H15N2.BrH/c18-11-5-6-12-19-13-14-7-1-2-8-15(14)16-9-3-4-10-17(16)19;/h1-4,7-10,13H,5-6,12H2;1H/q+1;/p-1. The average Bonchev–Trinajstić information content (AvgIpc) is 2.47. The lowest BCUT2D eigenvalue weighted by Crippen LogP contribution is -3.00. The van der Waals surface area contributed by atoms with Crippen molar-refractivity contribution >= 4 is 21.7 Å². The third kappa shape index (κ3) is 2.66. The predicted molar refractivity (Wildman–Crippen MR) is 76.5 cm³/mol. The molecule has 2 nitrogen and oxygen atoms in total. The summed E-state index contributed by atoms with van der Waals surface area (Å²) in [5.74, 6) is 0. The molecular formula is C17H15BrN2. The highest BCUT2D eigenvalue weighted by Crippen LogP contribution is 2.21. The van der Waals surface area contributed by atoms with Gasteiger partial charge in [-0.15, -0.1) is 0 Å². The van der Waals surface area contributed by atoms with E-state index in [0.29, 0.717) is 6.42 Å². The summed E-state index contributed by atoms with van der Waals surface area (Å²) >= 11 is 0. The largest absolute Gasteiger partial charge is 1.00 e. The van der Waals surface area contributed by atoms with Crippen molar-refractivity contribution in [1.29, 1.82) is 5.26 Å². The summed E-state index contributed by atoms with van der Waals surface area (Å²) < 4.78 is 2.26. The number of para-hydroxylation sites is 1. The summed E-state index contributed by atoms with van der Waals surface area (Å²) in [5.41, 5.74) is 1.24. The van der Waals surface area contributed by atoms with E-state index in [4.69, 9.17) is 5.26 Å². The predicted octanol–water partition coefficient (Wildman–Crippen LogP) is 0.588. The Morgan fingerprint density at radius 2 is 1.65 bits per heavy atom. The lowest BCUT2D eigenvalue weighted by atomic mass is 10.1. The number of fused-ring (bicyclic) bond motifs is 3. The molecule has 0 amide bonds. The molecular weight excluding hydrogens is 312 g/mol. The number of hydrogen-bond acceptors (Lipinski definition) is 1. The van der Waals surface area contributed by atoms with Crippen LogP contribution < -0.4 is 21.5 Å². The Labute approximate surface area is 129 Å². The van der Waals surface area contributed by atoms with E-state index >= 15 is 0 Å². The van der Waals surface area contributed by atoms with Crippen molar-refractivity contribution in [3.63, 3.8) is 0 Å². The van der Waals surface area contributed by atoms with E-state index in [1.165, 1.54) is 21.7 Å². The molecule has 0 unspecified atom stereocenters. The van der Waals surface area contributed by atoms with E-state index in [0.717, 1.165) is 13.0 Å².